The first-order valence-corrected chi connectivity index (χ1v) is 8.49. The van der Waals surface area contributed by atoms with Crippen LogP contribution >= 0.6 is 0 Å². The van der Waals surface area contributed by atoms with Gasteiger partial charge in [0.05, 0.1) is 0 Å². The monoisotopic (exact) mass is 362 g/mol. The summed E-state index contributed by atoms with van der Waals surface area (Å²) in [7, 11) is 0. The molecule has 0 amide bonds. The molecular weight excluding hydrogens is 361 g/mol. The van der Waals surface area contributed by atoms with E-state index in [1.54, 1.807) is 0 Å². The third kappa shape index (κ3) is 18.7. The van der Waals surface area contributed by atoms with E-state index in [2.05, 4.69) is 0 Å². The molecule has 0 aromatic carbocycles. The van der Waals surface area contributed by atoms with Gasteiger partial charge in [0.1, 0.15) is 0 Å². The van der Waals surface area contributed by atoms with Crippen LogP contribution in [0.2, 0.25) is 0 Å². The van der Waals surface area contributed by atoms with Crippen LogP contribution in [0, 0.1) is 34.1 Å². The fourth-order valence-electron chi connectivity index (χ4n) is 0. The normalized spacial score (nSPS) is 1.40. The van der Waals surface area contributed by atoms with Crippen molar-refractivity contribution in [2.45, 2.75) is 0 Å². The van der Waals surface area contributed by atoms with Crippen molar-refractivity contribution in [1.82, 2.24) is 0 Å². The van der Waals surface area contributed by atoms with E-state index < -0.39 is 11.2 Å². The van der Waals surface area contributed by atoms with Crippen LogP contribution in [0.5, 0.6) is 0 Å². The van der Waals surface area contributed by atoms with Gasteiger partial charge in [0.25, 0.3) is 0 Å². The second kappa shape index (κ2) is 15.7. The van der Waals surface area contributed by atoms with E-state index in [0.717, 1.165) is 34.1 Å². The summed E-state index contributed by atoms with van der Waals surface area (Å²) in [6.45, 7) is 0. The third-order valence-corrected chi connectivity index (χ3v) is 0. The van der Waals surface area contributed by atoms with Crippen molar-refractivity contribution < 1.29 is 54.1 Å². The molecule has 0 aliphatic heterocycles. The van der Waals surface area contributed by atoms with E-state index in [1.165, 1.54) is 0 Å². The Hall–Kier alpha value is 3.40. The van der Waals surface area contributed by atoms with Crippen LogP contribution in [0.4, 0.5) is 0 Å². The Kier molecular flexibility index (Phi) is 49.4. The zero-order chi connectivity index (χ0) is 2.71. The molecule has 0 aromatic rings. The summed E-state index contributed by atoms with van der Waals surface area (Å²) in [5, 5.41) is 0. The molecule has 2 nitrogen and oxygen atoms in total. The van der Waals surface area contributed by atoms with Crippen LogP contribution in [0.15, 0.2) is 0 Å². The Morgan fingerprint density at radius 2 is 1.60 bits per heavy atom. The summed E-state index contributed by atoms with van der Waals surface area (Å²) in [6, 6.07) is 0. The van der Waals surface area contributed by atoms with Crippen molar-refractivity contribution in [2.24, 2.45) is 0 Å². The molecule has 0 unspecified atom stereocenters. The maximum absolute atomic E-state index is 9.12. The molecule has 1 N–H and O–H groups in total. The standard InChI is InChI=1S/Ba.Nd.H2O.O.Ti.H/h;;1H2;;;/q+1;;;;;/p-1. The van der Waals surface area contributed by atoms with Gasteiger partial charge in [-0.2, -0.15) is 0 Å². The number of hydrogen-bond acceptors (Lipinski definition) is 2. The van der Waals surface area contributed by atoms with Crippen molar-refractivity contribution in [1.29, 1.82) is 0 Å². The van der Waals surface area contributed by atoms with E-state index in [-0.39, 0.29) is 54.4 Å². The van der Waals surface area contributed by atoms with Gasteiger partial charge in [-0.3, -0.25) is 0 Å². The molecule has 0 spiro atoms. The summed E-state index contributed by atoms with van der Waals surface area (Å²) < 4.78 is 9.12. The van der Waals surface area contributed by atoms with E-state index in [1.807, 2.05) is 0 Å². The van der Waals surface area contributed by atoms with Gasteiger partial charge in [-0.1, -0.05) is 0 Å². The van der Waals surface area contributed by atoms with E-state index in [4.69, 9.17) is 3.32 Å². The SMILES string of the molecule is [BaH+].[OH-].[O]=[Ti][Nd]. The summed E-state index contributed by atoms with van der Waals surface area (Å²) >= 11 is 0.327. The van der Waals surface area contributed by atoms with Crippen LogP contribution in [-0.2, 0) is 14.5 Å². The average molecular weight is 363 g/mol. The van der Waals surface area contributed by atoms with Gasteiger partial charge >= 0.3 is 97.5 Å². The van der Waals surface area contributed by atoms with Gasteiger partial charge < -0.3 is 5.48 Å². The molecule has 5 heavy (non-hydrogen) atoms. The molecule has 0 bridgehead atoms. The molecule has 0 fully saturated rings. The molecule has 0 saturated carbocycles. The van der Waals surface area contributed by atoms with Crippen LogP contribution in [0.3, 0.4) is 0 Å². The minimum absolute atomic E-state index is 0. The van der Waals surface area contributed by atoms with Gasteiger partial charge in [-0.25, -0.2) is 0 Å². The Labute approximate surface area is 99.5 Å². The molecule has 0 atom stereocenters. The molecule has 0 aliphatic carbocycles. The fourth-order valence-corrected chi connectivity index (χ4v) is 0. The maximum atomic E-state index is 9.12. The summed E-state index contributed by atoms with van der Waals surface area (Å²) in [4.78, 5) is 0. The molecule has 5 heteroatoms. The zero-order valence-corrected chi connectivity index (χ0v) is 13.9. The first-order valence-electron chi connectivity index (χ1n) is 0.454. The average Bonchev–Trinajstić information content (AvgIpc) is 0.918. The Morgan fingerprint density at radius 1 is 1.60 bits per heavy atom. The first kappa shape index (κ1) is 15.8. The third-order valence-electron chi connectivity index (χ3n) is 0. The summed E-state index contributed by atoms with van der Waals surface area (Å²) in [5.74, 6) is 0. The van der Waals surface area contributed by atoms with Gasteiger partial charge in [0.15, 0.2) is 0 Å². The van der Waals surface area contributed by atoms with Crippen LogP contribution in [0.1, 0.15) is 0 Å². The minimum atomic E-state index is -0.611. The predicted molar refractivity (Wildman–Crippen MR) is 9.77 cm³/mol. The Bertz CT molecular complexity index is 17.1. The fraction of sp³-hybridized carbons (Fsp3) is 0. The molecule has 0 radical (unpaired) electrons. The molecule has 24 valence electrons. The van der Waals surface area contributed by atoms with Gasteiger partial charge in [0.2, 0.25) is 0 Å². The van der Waals surface area contributed by atoms with Crippen LogP contribution in [0.25, 0.3) is 0 Å². The predicted octanol–water partition coefficient (Wildman–Crippen LogP) is -0.947. The molecule has 0 aliphatic rings. The Morgan fingerprint density at radius 3 is 1.60 bits per heavy atom. The van der Waals surface area contributed by atoms with Crippen LogP contribution in [-0.4, -0.2) is 54.4 Å². The van der Waals surface area contributed by atoms with Crippen molar-refractivity contribution in [3.8, 4) is 0 Å². The van der Waals surface area contributed by atoms with Crippen molar-refractivity contribution in [2.75, 3.05) is 0 Å². The quantitative estimate of drug-likeness (QED) is 0.521. The number of rotatable bonds is 0. The topological polar surface area (TPSA) is 47.1 Å². The first-order chi connectivity index (χ1) is 1.41. The van der Waals surface area contributed by atoms with Crippen LogP contribution < -0.4 is 0 Å². The number of hydrogen-bond donors (Lipinski definition) is 0. The van der Waals surface area contributed by atoms with Crippen molar-refractivity contribution >= 4 is 48.9 Å². The second-order valence-corrected chi connectivity index (χ2v) is 3.12. The van der Waals surface area contributed by atoms with E-state index >= 15 is 0 Å². The molecule has 0 saturated heterocycles. The van der Waals surface area contributed by atoms with Gasteiger partial charge in [0, 0.05) is 0 Å². The van der Waals surface area contributed by atoms with Gasteiger partial charge in [-0.15, -0.1) is 0 Å². The molecule has 0 rings (SSSR count). The molecular formula is H2BaNdO2Ti. The summed E-state index contributed by atoms with van der Waals surface area (Å²) in [6.07, 6.45) is 0. The molecule has 0 aromatic heterocycles. The van der Waals surface area contributed by atoms with Crippen molar-refractivity contribution in [3.63, 3.8) is 0 Å². The van der Waals surface area contributed by atoms with Crippen molar-refractivity contribution in [3.05, 3.63) is 0 Å². The van der Waals surface area contributed by atoms with Gasteiger partial charge in [-0.05, 0) is 0 Å². The second-order valence-electron chi connectivity index (χ2n) is 0.102. The Balaban J connectivity index is -0.0000000200. The zero-order valence-electron chi connectivity index (χ0n) is 2.86. The summed E-state index contributed by atoms with van der Waals surface area (Å²) in [5.41, 5.74) is 0. The van der Waals surface area contributed by atoms with E-state index in [9.17, 15) is 0 Å². The molecule has 0 heterocycles. The van der Waals surface area contributed by atoms with E-state index in [0.29, 0.717) is 0 Å².